The summed E-state index contributed by atoms with van der Waals surface area (Å²) in [6, 6.07) is 54.6. The van der Waals surface area contributed by atoms with Crippen molar-refractivity contribution < 1.29 is 0 Å². The highest BCUT2D eigenvalue weighted by molar-refractivity contribution is 5.92. The fraction of sp³-hybridized carbons (Fsp3) is 0.0638. The summed E-state index contributed by atoms with van der Waals surface area (Å²) in [6.45, 7) is 6.28. The molecule has 6 aromatic carbocycles. The quantitative estimate of drug-likeness (QED) is 0.131. The van der Waals surface area contributed by atoms with Gasteiger partial charge in [-0.2, -0.15) is 0 Å². The SMILES string of the molecule is C=CC(C)c1ccccc1N(C)c1c(-c2nc(-c3ccccc3)nc(-c3ccccc3)n2)cccc1-c1nc(-c2ccccc2)nc(-c2ccccc2)n1. The van der Waals surface area contributed by atoms with Gasteiger partial charge in [0, 0.05) is 52.0 Å². The zero-order chi connectivity index (χ0) is 36.9. The number of nitrogens with zero attached hydrogens (tertiary/aromatic N) is 7. The van der Waals surface area contributed by atoms with Crippen LogP contribution in [0.1, 0.15) is 18.4 Å². The molecule has 0 N–H and O–H groups in total. The maximum atomic E-state index is 5.16. The van der Waals surface area contributed by atoms with Crippen molar-refractivity contribution in [2.24, 2.45) is 0 Å². The van der Waals surface area contributed by atoms with E-state index in [9.17, 15) is 0 Å². The van der Waals surface area contributed by atoms with Gasteiger partial charge in [-0.15, -0.1) is 6.58 Å². The summed E-state index contributed by atoms with van der Waals surface area (Å²) in [5.74, 6) is 3.48. The minimum absolute atomic E-state index is 0.0948. The third kappa shape index (κ3) is 6.90. The van der Waals surface area contributed by atoms with Crippen LogP contribution >= 0.6 is 0 Å². The smallest absolute Gasteiger partial charge is 0.166 e. The number of hydrogen-bond donors (Lipinski definition) is 0. The molecule has 0 saturated heterocycles. The van der Waals surface area contributed by atoms with Crippen molar-refractivity contribution in [3.63, 3.8) is 0 Å². The molecule has 1 unspecified atom stereocenters. The van der Waals surface area contributed by atoms with Crippen LogP contribution in [-0.4, -0.2) is 37.0 Å². The standard InChI is InChI=1S/C47H37N7/c1-4-32(2)37-28-17-18-31-40(37)54(3)41-38(46-50-42(33-20-9-5-10-21-33)48-43(51-46)34-22-11-6-12-23-34)29-19-30-39(41)47-52-44(35-24-13-7-14-25-35)49-45(53-47)36-26-15-8-16-27-36/h4-32H,1H2,2-3H3. The molecule has 0 bridgehead atoms. The minimum Gasteiger partial charge on any atom is -0.343 e. The number of para-hydroxylation sites is 2. The van der Waals surface area contributed by atoms with Gasteiger partial charge in [-0.25, -0.2) is 29.9 Å². The van der Waals surface area contributed by atoms with Gasteiger partial charge in [0.05, 0.1) is 5.69 Å². The molecule has 8 aromatic rings. The van der Waals surface area contributed by atoms with Crippen molar-refractivity contribution in [2.45, 2.75) is 12.8 Å². The zero-order valence-electron chi connectivity index (χ0n) is 30.1. The molecule has 0 amide bonds. The van der Waals surface area contributed by atoms with Gasteiger partial charge >= 0.3 is 0 Å². The second kappa shape index (κ2) is 15.2. The molecule has 0 spiro atoms. The van der Waals surface area contributed by atoms with E-state index in [-0.39, 0.29) is 5.92 Å². The highest BCUT2D eigenvalue weighted by Gasteiger charge is 2.25. The topological polar surface area (TPSA) is 80.6 Å². The van der Waals surface area contributed by atoms with E-state index in [2.05, 4.69) is 61.8 Å². The summed E-state index contributed by atoms with van der Waals surface area (Å²) in [5, 5.41) is 0. The first-order chi connectivity index (χ1) is 26.6. The molecule has 8 rings (SSSR count). The van der Waals surface area contributed by atoms with E-state index in [0.29, 0.717) is 34.9 Å². The van der Waals surface area contributed by atoms with E-state index in [1.807, 2.05) is 133 Å². The average molecular weight is 700 g/mol. The van der Waals surface area contributed by atoms with Crippen molar-refractivity contribution in [3.8, 4) is 68.3 Å². The third-order valence-corrected chi connectivity index (χ3v) is 9.39. The summed E-state index contributed by atoms with van der Waals surface area (Å²) in [5.41, 5.74) is 8.17. The number of benzene rings is 6. The second-order valence-electron chi connectivity index (χ2n) is 12.9. The monoisotopic (exact) mass is 699 g/mol. The van der Waals surface area contributed by atoms with Crippen LogP contribution < -0.4 is 4.90 Å². The Morgan fingerprint density at radius 3 is 1.13 bits per heavy atom. The van der Waals surface area contributed by atoms with E-state index in [4.69, 9.17) is 29.9 Å². The minimum atomic E-state index is 0.0948. The maximum Gasteiger partial charge on any atom is 0.166 e. The van der Waals surface area contributed by atoms with Crippen molar-refractivity contribution in [3.05, 3.63) is 182 Å². The van der Waals surface area contributed by atoms with Gasteiger partial charge in [0.2, 0.25) is 0 Å². The lowest BCUT2D eigenvalue weighted by Crippen LogP contribution is -2.16. The summed E-state index contributed by atoms with van der Waals surface area (Å²) in [6.07, 6.45) is 1.97. The maximum absolute atomic E-state index is 5.16. The third-order valence-electron chi connectivity index (χ3n) is 9.39. The Balaban J connectivity index is 1.43. The van der Waals surface area contributed by atoms with E-state index < -0.39 is 0 Å². The first kappa shape index (κ1) is 34.0. The van der Waals surface area contributed by atoms with Gasteiger partial charge in [-0.1, -0.05) is 159 Å². The van der Waals surface area contributed by atoms with Crippen LogP contribution in [0.25, 0.3) is 68.3 Å². The Hall–Kier alpha value is -7.12. The lowest BCUT2D eigenvalue weighted by molar-refractivity contribution is 0.959. The van der Waals surface area contributed by atoms with Crippen LogP contribution in [0.5, 0.6) is 0 Å². The molecule has 7 nitrogen and oxygen atoms in total. The van der Waals surface area contributed by atoms with Gasteiger partial charge in [-0.3, -0.25) is 0 Å². The van der Waals surface area contributed by atoms with Gasteiger partial charge in [-0.05, 0) is 23.8 Å². The number of hydrogen-bond acceptors (Lipinski definition) is 7. The van der Waals surface area contributed by atoms with E-state index >= 15 is 0 Å². The Kier molecular flexibility index (Phi) is 9.59. The first-order valence-corrected chi connectivity index (χ1v) is 17.9. The van der Waals surface area contributed by atoms with Gasteiger partial charge in [0.1, 0.15) is 0 Å². The van der Waals surface area contributed by atoms with Gasteiger partial charge < -0.3 is 4.90 Å². The summed E-state index contributed by atoms with van der Waals surface area (Å²) < 4.78 is 0. The van der Waals surface area contributed by atoms with Gasteiger partial charge in [0.25, 0.3) is 0 Å². The Labute approximate surface area is 315 Å². The van der Waals surface area contributed by atoms with Crippen LogP contribution in [0, 0.1) is 0 Å². The molecule has 0 aliphatic rings. The molecule has 54 heavy (non-hydrogen) atoms. The molecule has 0 aliphatic carbocycles. The predicted octanol–water partition coefficient (Wildman–Crippen LogP) is 11.1. The lowest BCUT2D eigenvalue weighted by atomic mass is 9.97. The fourth-order valence-corrected chi connectivity index (χ4v) is 6.55. The molecule has 0 fully saturated rings. The normalized spacial score (nSPS) is 11.5. The Morgan fingerprint density at radius 1 is 0.426 bits per heavy atom. The highest BCUT2D eigenvalue weighted by Crippen LogP contribution is 2.43. The van der Waals surface area contributed by atoms with Crippen molar-refractivity contribution in [1.29, 1.82) is 0 Å². The van der Waals surface area contributed by atoms with Crippen molar-refractivity contribution in [1.82, 2.24) is 29.9 Å². The zero-order valence-corrected chi connectivity index (χ0v) is 30.1. The number of allylic oxidation sites excluding steroid dienone is 1. The van der Waals surface area contributed by atoms with Gasteiger partial charge in [0.15, 0.2) is 34.9 Å². The molecule has 2 aromatic heterocycles. The second-order valence-corrected chi connectivity index (χ2v) is 12.9. The van der Waals surface area contributed by atoms with Crippen LogP contribution in [0.3, 0.4) is 0 Å². The highest BCUT2D eigenvalue weighted by atomic mass is 15.1. The summed E-state index contributed by atoms with van der Waals surface area (Å²) in [4.78, 5) is 32.8. The van der Waals surface area contributed by atoms with Crippen LogP contribution in [0.2, 0.25) is 0 Å². The fourth-order valence-electron chi connectivity index (χ4n) is 6.55. The number of aromatic nitrogens is 6. The van der Waals surface area contributed by atoms with Crippen LogP contribution in [-0.2, 0) is 0 Å². The molecule has 0 aliphatic heterocycles. The lowest BCUT2D eigenvalue weighted by Gasteiger charge is -2.28. The van der Waals surface area contributed by atoms with Crippen molar-refractivity contribution in [2.75, 3.05) is 11.9 Å². The Bertz CT molecular complexity index is 2280. The number of rotatable bonds is 10. The molecule has 260 valence electrons. The molecular formula is C47H37N7. The average Bonchev–Trinajstić information content (AvgIpc) is 3.26. The van der Waals surface area contributed by atoms with Crippen molar-refractivity contribution >= 4 is 11.4 Å². The molecule has 1 atom stereocenters. The molecule has 2 heterocycles. The van der Waals surface area contributed by atoms with Crippen LogP contribution in [0.4, 0.5) is 11.4 Å². The summed E-state index contributed by atoms with van der Waals surface area (Å²) >= 11 is 0. The van der Waals surface area contributed by atoms with E-state index in [1.54, 1.807) is 0 Å². The first-order valence-electron chi connectivity index (χ1n) is 17.9. The molecule has 0 saturated carbocycles. The largest absolute Gasteiger partial charge is 0.343 e. The predicted molar refractivity (Wildman–Crippen MR) is 219 cm³/mol. The molecular weight excluding hydrogens is 663 g/mol. The summed E-state index contributed by atoms with van der Waals surface area (Å²) in [7, 11) is 2.08. The molecule has 7 heteroatoms. The van der Waals surface area contributed by atoms with E-state index in [0.717, 1.165) is 50.3 Å². The Morgan fingerprint density at radius 2 is 0.759 bits per heavy atom. The van der Waals surface area contributed by atoms with Crippen LogP contribution in [0.15, 0.2) is 176 Å². The van der Waals surface area contributed by atoms with E-state index in [1.165, 1.54) is 0 Å². The number of anilines is 2. The molecule has 0 radical (unpaired) electrons.